The molecule has 1 unspecified atom stereocenters. The molecule has 0 spiro atoms. The van der Waals surface area contributed by atoms with Crippen molar-refractivity contribution < 1.29 is 9.90 Å². The number of rotatable bonds is 4. The van der Waals surface area contributed by atoms with Crippen molar-refractivity contribution in [3.8, 4) is 0 Å². The molecular weight excluding hydrogens is 214 g/mol. The Morgan fingerprint density at radius 1 is 1.41 bits per heavy atom. The van der Waals surface area contributed by atoms with Gasteiger partial charge in [-0.25, -0.2) is 0 Å². The molecule has 1 aromatic carbocycles. The summed E-state index contributed by atoms with van der Waals surface area (Å²) in [6.45, 7) is 2.00. The van der Waals surface area contributed by atoms with Gasteiger partial charge in [0.2, 0.25) is 5.91 Å². The molecule has 1 fully saturated rings. The maximum Gasteiger partial charge on any atom is 0.223 e. The number of carbonyl (C=O) groups excluding carboxylic acids is 1. The van der Waals surface area contributed by atoms with E-state index in [-0.39, 0.29) is 18.4 Å². The fourth-order valence-corrected chi connectivity index (χ4v) is 1.97. The predicted molar refractivity (Wildman–Crippen MR) is 66.4 cm³/mol. The number of amides is 1. The molecule has 0 aliphatic heterocycles. The van der Waals surface area contributed by atoms with Crippen molar-refractivity contribution in [3.05, 3.63) is 35.9 Å². The third-order valence-electron chi connectivity index (χ3n) is 3.48. The Morgan fingerprint density at radius 3 is 2.59 bits per heavy atom. The van der Waals surface area contributed by atoms with Gasteiger partial charge in [0.05, 0.1) is 6.54 Å². The average molecular weight is 233 g/mol. The van der Waals surface area contributed by atoms with Gasteiger partial charge in [0.15, 0.2) is 0 Å². The molecule has 1 saturated carbocycles. The summed E-state index contributed by atoms with van der Waals surface area (Å²) in [7, 11) is 0. The highest BCUT2D eigenvalue weighted by molar-refractivity contribution is 5.79. The van der Waals surface area contributed by atoms with Gasteiger partial charge >= 0.3 is 0 Å². The van der Waals surface area contributed by atoms with Crippen LogP contribution in [0.4, 0.5) is 0 Å². The molecule has 3 heteroatoms. The lowest BCUT2D eigenvalue weighted by Crippen LogP contribution is -2.42. The number of nitrogens with one attached hydrogen (secondary N) is 1. The van der Waals surface area contributed by atoms with E-state index in [1.165, 1.54) is 0 Å². The summed E-state index contributed by atoms with van der Waals surface area (Å²) in [5.41, 5.74) is -0.172. The van der Waals surface area contributed by atoms with Crippen molar-refractivity contribution >= 4 is 5.91 Å². The zero-order chi connectivity index (χ0) is 12.3. The molecule has 2 N–H and O–H groups in total. The molecule has 1 aliphatic rings. The SMILES string of the molecule is CC(O)(CNC(=O)C1CCC1)c1ccccc1. The molecule has 17 heavy (non-hydrogen) atoms. The van der Waals surface area contributed by atoms with Crippen LogP contribution in [0.5, 0.6) is 0 Å². The van der Waals surface area contributed by atoms with Crippen molar-refractivity contribution in [1.82, 2.24) is 5.32 Å². The van der Waals surface area contributed by atoms with Gasteiger partial charge in [0, 0.05) is 5.92 Å². The molecule has 92 valence electrons. The minimum Gasteiger partial charge on any atom is -0.384 e. The van der Waals surface area contributed by atoms with E-state index < -0.39 is 5.60 Å². The highest BCUT2D eigenvalue weighted by atomic mass is 16.3. The van der Waals surface area contributed by atoms with Crippen LogP contribution in [-0.2, 0) is 10.4 Å². The molecular formula is C14H19NO2. The maximum absolute atomic E-state index is 11.7. The first kappa shape index (κ1) is 12.1. The number of hydrogen-bond donors (Lipinski definition) is 2. The van der Waals surface area contributed by atoms with E-state index in [0.717, 1.165) is 24.8 Å². The first-order valence-corrected chi connectivity index (χ1v) is 6.15. The second-order valence-corrected chi connectivity index (χ2v) is 4.99. The first-order valence-electron chi connectivity index (χ1n) is 6.15. The lowest BCUT2D eigenvalue weighted by Gasteiger charge is -2.28. The van der Waals surface area contributed by atoms with E-state index in [9.17, 15) is 9.90 Å². The van der Waals surface area contributed by atoms with Crippen molar-refractivity contribution in [1.29, 1.82) is 0 Å². The van der Waals surface area contributed by atoms with E-state index in [1.807, 2.05) is 30.3 Å². The van der Waals surface area contributed by atoms with Gasteiger partial charge in [0.1, 0.15) is 5.60 Å². The lowest BCUT2D eigenvalue weighted by molar-refractivity contribution is -0.128. The fourth-order valence-electron chi connectivity index (χ4n) is 1.97. The van der Waals surface area contributed by atoms with E-state index in [0.29, 0.717) is 0 Å². The van der Waals surface area contributed by atoms with Crippen LogP contribution in [0.25, 0.3) is 0 Å². The van der Waals surface area contributed by atoms with Crippen molar-refractivity contribution in [2.45, 2.75) is 31.8 Å². The Morgan fingerprint density at radius 2 is 2.06 bits per heavy atom. The summed E-state index contributed by atoms with van der Waals surface area (Å²) < 4.78 is 0. The normalized spacial score (nSPS) is 19.2. The molecule has 1 aromatic rings. The Balaban J connectivity index is 1.91. The predicted octanol–water partition coefficient (Wildman–Crippen LogP) is 1.81. The zero-order valence-electron chi connectivity index (χ0n) is 10.1. The van der Waals surface area contributed by atoms with Crippen LogP contribution in [0.15, 0.2) is 30.3 Å². The van der Waals surface area contributed by atoms with Crippen molar-refractivity contribution in [2.24, 2.45) is 5.92 Å². The van der Waals surface area contributed by atoms with E-state index in [1.54, 1.807) is 6.92 Å². The number of hydrogen-bond acceptors (Lipinski definition) is 2. The van der Waals surface area contributed by atoms with Crippen LogP contribution in [0.3, 0.4) is 0 Å². The molecule has 0 saturated heterocycles. The van der Waals surface area contributed by atoms with E-state index >= 15 is 0 Å². The van der Waals surface area contributed by atoms with Gasteiger partial charge in [-0.1, -0.05) is 36.8 Å². The summed E-state index contributed by atoms with van der Waals surface area (Å²) in [6, 6.07) is 9.42. The minimum absolute atomic E-state index is 0.0763. The largest absolute Gasteiger partial charge is 0.384 e. The minimum atomic E-state index is -0.999. The van der Waals surface area contributed by atoms with Gasteiger partial charge in [-0.05, 0) is 25.3 Å². The van der Waals surface area contributed by atoms with Gasteiger partial charge in [-0.3, -0.25) is 4.79 Å². The van der Waals surface area contributed by atoms with Gasteiger partial charge in [-0.15, -0.1) is 0 Å². The van der Waals surface area contributed by atoms with Crippen LogP contribution in [-0.4, -0.2) is 17.6 Å². The smallest absolute Gasteiger partial charge is 0.223 e. The summed E-state index contributed by atoms with van der Waals surface area (Å²) in [5.74, 6) is 0.244. The fraction of sp³-hybridized carbons (Fsp3) is 0.500. The number of benzene rings is 1. The Kier molecular flexibility index (Phi) is 3.48. The standard InChI is InChI=1S/C14H19NO2/c1-14(17,12-8-3-2-4-9-12)10-15-13(16)11-6-5-7-11/h2-4,8-9,11,17H,5-7,10H2,1H3,(H,15,16). The highest BCUT2D eigenvalue weighted by Gasteiger charge is 2.28. The van der Waals surface area contributed by atoms with Gasteiger partial charge < -0.3 is 10.4 Å². The van der Waals surface area contributed by atoms with Crippen LogP contribution in [0.1, 0.15) is 31.7 Å². The monoisotopic (exact) mass is 233 g/mol. The molecule has 0 radical (unpaired) electrons. The highest BCUT2D eigenvalue weighted by Crippen LogP contribution is 2.26. The topological polar surface area (TPSA) is 49.3 Å². The van der Waals surface area contributed by atoms with Crippen LogP contribution < -0.4 is 5.32 Å². The summed E-state index contributed by atoms with van der Waals surface area (Å²) in [5, 5.41) is 13.1. The molecule has 2 rings (SSSR count). The molecule has 0 heterocycles. The second-order valence-electron chi connectivity index (χ2n) is 4.99. The van der Waals surface area contributed by atoms with Crippen LogP contribution in [0.2, 0.25) is 0 Å². The Bertz CT molecular complexity index is 382. The van der Waals surface area contributed by atoms with E-state index in [4.69, 9.17) is 0 Å². The molecule has 1 aliphatic carbocycles. The van der Waals surface area contributed by atoms with Gasteiger partial charge in [0.25, 0.3) is 0 Å². The van der Waals surface area contributed by atoms with E-state index in [2.05, 4.69) is 5.32 Å². The van der Waals surface area contributed by atoms with Crippen LogP contribution >= 0.6 is 0 Å². The third-order valence-corrected chi connectivity index (χ3v) is 3.48. The first-order chi connectivity index (χ1) is 8.09. The lowest BCUT2D eigenvalue weighted by atomic mass is 9.84. The van der Waals surface area contributed by atoms with Gasteiger partial charge in [-0.2, -0.15) is 0 Å². The molecule has 0 bridgehead atoms. The summed E-state index contributed by atoms with van der Waals surface area (Å²) in [6.07, 6.45) is 3.12. The average Bonchev–Trinajstić information content (AvgIpc) is 2.25. The molecule has 3 nitrogen and oxygen atoms in total. The number of aliphatic hydroxyl groups is 1. The Labute approximate surface area is 102 Å². The number of carbonyl (C=O) groups is 1. The Hall–Kier alpha value is -1.35. The van der Waals surface area contributed by atoms with Crippen molar-refractivity contribution in [3.63, 3.8) is 0 Å². The molecule has 1 atom stereocenters. The third kappa shape index (κ3) is 2.86. The van der Waals surface area contributed by atoms with Crippen LogP contribution in [0, 0.1) is 5.92 Å². The molecule has 1 amide bonds. The summed E-state index contributed by atoms with van der Waals surface area (Å²) in [4.78, 5) is 11.7. The van der Waals surface area contributed by atoms with Crippen molar-refractivity contribution in [2.75, 3.05) is 6.54 Å². The zero-order valence-corrected chi connectivity index (χ0v) is 10.1. The molecule has 0 aromatic heterocycles. The quantitative estimate of drug-likeness (QED) is 0.833. The maximum atomic E-state index is 11.7. The second kappa shape index (κ2) is 4.88. The summed E-state index contributed by atoms with van der Waals surface area (Å²) >= 11 is 0.